The van der Waals surface area contributed by atoms with Crippen LogP contribution in [0.5, 0.6) is 5.75 Å². The van der Waals surface area contributed by atoms with E-state index in [0.29, 0.717) is 6.04 Å². The largest absolute Gasteiger partial charge is 0.497 e. The van der Waals surface area contributed by atoms with Crippen LogP contribution in [-0.2, 0) is 17.7 Å². The maximum absolute atomic E-state index is 6.18. The minimum atomic E-state index is 0.173. The number of fused-ring (bicyclic) bond motifs is 3. The van der Waals surface area contributed by atoms with E-state index < -0.39 is 0 Å². The number of hydrogen-bond acceptors (Lipinski definition) is 3. The fourth-order valence-electron chi connectivity index (χ4n) is 3.91. The van der Waals surface area contributed by atoms with Crippen molar-refractivity contribution in [1.82, 2.24) is 4.90 Å². The highest BCUT2D eigenvalue weighted by Gasteiger charge is 2.37. The first kappa shape index (κ1) is 14.7. The van der Waals surface area contributed by atoms with Crippen molar-refractivity contribution >= 4 is 0 Å². The molecule has 1 saturated heterocycles. The van der Waals surface area contributed by atoms with Crippen molar-refractivity contribution in [2.24, 2.45) is 0 Å². The normalized spacial score (nSPS) is 23.9. The van der Waals surface area contributed by atoms with E-state index in [1.54, 1.807) is 7.11 Å². The number of morpholine rings is 1. The number of hydrogen-bond donors (Lipinski definition) is 0. The molecule has 1 aliphatic heterocycles. The van der Waals surface area contributed by atoms with Gasteiger partial charge in [0.05, 0.1) is 19.8 Å². The molecule has 2 aliphatic rings. The Morgan fingerprint density at radius 1 is 1.17 bits per heavy atom. The van der Waals surface area contributed by atoms with Gasteiger partial charge < -0.3 is 9.47 Å². The number of nitrogens with zero attached hydrogens (tertiary/aromatic N) is 1. The summed E-state index contributed by atoms with van der Waals surface area (Å²) in [4.78, 5) is 2.59. The Hall–Kier alpha value is -1.84. The van der Waals surface area contributed by atoms with Gasteiger partial charge in [-0.15, -0.1) is 0 Å². The average molecular weight is 309 g/mol. The van der Waals surface area contributed by atoms with Crippen LogP contribution in [0.4, 0.5) is 0 Å². The van der Waals surface area contributed by atoms with Gasteiger partial charge in [-0.05, 0) is 41.7 Å². The van der Waals surface area contributed by atoms with E-state index in [2.05, 4.69) is 53.4 Å². The molecule has 2 atom stereocenters. The van der Waals surface area contributed by atoms with Gasteiger partial charge in [-0.1, -0.05) is 36.4 Å². The lowest BCUT2D eigenvalue weighted by molar-refractivity contribution is -0.0836. The average Bonchev–Trinajstić information content (AvgIpc) is 2.62. The molecule has 0 N–H and O–H groups in total. The standard InChI is InChI=1S/C20H23NO2/c1-22-17-9-7-16-8-10-19-20(18(16)13-17)23-12-11-21(19)14-15-5-3-2-4-6-15/h2-7,9,13,19-20H,8,10-12,14H2,1H3/t19-,20-/m1/s1. The highest BCUT2D eigenvalue weighted by Crippen LogP contribution is 2.39. The van der Waals surface area contributed by atoms with E-state index in [4.69, 9.17) is 9.47 Å². The fraction of sp³-hybridized carbons (Fsp3) is 0.400. The first-order chi connectivity index (χ1) is 11.3. The topological polar surface area (TPSA) is 21.7 Å². The monoisotopic (exact) mass is 309 g/mol. The minimum Gasteiger partial charge on any atom is -0.497 e. The molecular weight excluding hydrogens is 286 g/mol. The predicted molar refractivity (Wildman–Crippen MR) is 90.6 cm³/mol. The third-order valence-corrected chi connectivity index (χ3v) is 5.09. The summed E-state index contributed by atoms with van der Waals surface area (Å²) in [5.41, 5.74) is 4.11. The van der Waals surface area contributed by atoms with Crippen LogP contribution in [0, 0.1) is 0 Å². The molecule has 0 spiro atoms. The summed E-state index contributed by atoms with van der Waals surface area (Å²) in [6.07, 6.45) is 2.46. The Morgan fingerprint density at radius 3 is 2.87 bits per heavy atom. The molecule has 0 unspecified atom stereocenters. The van der Waals surface area contributed by atoms with Gasteiger partial charge in [-0.3, -0.25) is 4.90 Å². The molecule has 0 radical (unpaired) electrons. The lowest BCUT2D eigenvalue weighted by Gasteiger charge is -2.44. The van der Waals surface area contributed by atoms with Crippen molar-refractivity contribution in [1.29, 1.82) is 0 Å². The van der Waals surface area contributed by atoms with Crippen molar-refractivity contribution in [2.45, 2.75) is 31.5 Å². The van der Waals surface area contributed by atoms with E-state index in [9.17, 15) is 0 Å². The van der Waals surface area contributed by atoms with Crippen molar-refractivity contribution in [3.63, 3.8) is 0 Å². The second kappa shape index (κ2) is 6.34. The Balaban J connectivity index is 1.60. The second-order valence-electron chi connectivity index (χ2n) is 6.42. The molecule has 3 heteroatoms. The Labute approximate surface area is 137 Å². The number of methoxy groups -OCH3 is 1. The molecular formula is C20H23NO2. The van der Waals surface area contributed by atoms with Crippen molar-refractivity contribution in [3.05, 3.63) is 65.2 Å². The van der Waals surface area contributed by atoms with E-state index in [1.165, 1.54) is 16.7 Å². The van der Waals surface area contributed by atoms with Crippen LogP contribution < -0.4 is 4.74 Å². The molecule has 0 bridgehead atoms. The van der Waals surface area contributed by atoms with Gasteiger partial charge >= 0.3 is 0 Å². The first-order valence-electron chi connectivity index (χ1n) is 8.41. The zero-order valence-corrected chi connectivity index (χ0v) is 13.6. The van der Waals surface area contributed by atoms with Gasteiger partial charge in [-0.25, -0.2) is 0 Å². The van der Waals surface area contributed by atoms with Crippen LogP contribution in [-0.4, -0.2) is 31.2 Å². The summed E-state index contributed by atoms with van der Waals surface area (Å²) >= 11 is 0. The SMILES string of the molecule is COc1ccc2c(c1)[C@H]1OCCN(Cc3ccccc3)[C@@H]1CC2. The minimum absolute atomic E-state index is 0.173. The van der Waals surface area contributed by atoms with Crippen molar-refractivity contribution in [3.8, 4) is 5.75 Å². The summed E-state index contributed by atoms with van der Waals surface area (Å²) in [6.45, 7) is 2.81. The molecule has 2 aromatic rings. The summed E-state index contributed by atoms with van der Waals surface area (Å²) in [7, 11) is 1.73. The molecule has 0 saturated carbocycles. The quantitative estimate of drug-likeness (QED) is 0.865. The van der Waals surface area contributed by atoms with Gasteiger partial charge in [0.15, 0.2) is 0 Å². The molecule has 4 rings (SSSR count). The van der Waals surface area contributed by atoms with Gasteiger partial charge in [0.1, 0.15) is 5.75 Å². The Kier molecular flexibility index (Phi) is 4.06. The summed E-state index contributed by atoms with van der Waals surface area (Å²) < 4.78 is 11.6. The predicted octanol–water partition coefficient (Wildman–Crippen LogP) is 3.58. The molecule has 1 heterocycles. The molecule has 2 aromatic carbocycles. The summed E-state index contributed by atoms with van der Waals surface area (Å²) in [5, 5.41) is 0. The number of aryl methyl sites for hydroxylation is 1. The second-order valence-corrected chi connectivity index (χ2v) is 6.42. The lowest BCUT2D eigenvalue weighted by atomic mass is 9.84. The zero-order chi connectivity index (χ0) is 15.6. The van der Waals surface area contributed by atoms with Gasteiger partial charge in [0.25, 0.3) is 0 Å². The molecule has 3 nitrogen and oxygen atoms in total. The summed E-state index contributed by atoms with van der Waals surface area (Å²) in [5.74, 6) is 0.924. The van der Waals surface area contributed by atoms with E-state index in [-0.39, 0.29) is 6.10 Å². The Bertz CT molecular complexity index is 671. The molecule has 0 aromatic heterocycles. The summed E-state index contributed by atoms with van der Waals surface area (Å²) in [6, 6.07) is 17.6. The van der Waals surface area contributed by atoms with Crippen LogP contribution in [0.1, 0.15) is 29.2 Å². The smallest absolute Gasteiger partial charge is 0.119 e. The number of ether oxygens (including phenoxy) is 2. The molecule has 1 aliphatic carbocycles. The third kappa shape index (κ3) is 2.87. The van der Waals surface area contributed by atoms with Crippen LogP contribution in [0.3, 0.4) is 0 Å². The zero-order valence-electron chi connectivity index (χ0n) is 13.6. The van der Waals surface area contributed by atoms with Gasteiger partial charge in [-0.2, -0.15) is 0 Å². The highest BCUT2D eigenvalue weighted by molar-refractivity contribution is 5.40. The van der Waals surface area contributed by atoms with Gasteiger partial charge in [0, 0.05) is 19.1 Å². The Morgan fingerprint density at radius 2 is 2.04 bits per heavy atom. The van der Waals surface area contributed by atoms with Crippen molar-refractivity contribution in [2.75, 3.05) is 20.3 Å². The number of benzene rings is 2. The lowest BCUT2D eigenvalue weighted by Crippen LogP contribution is -2.48. The van der Waals surface area contributed by atoms with E-state index in [0.717, 1.165) is 38.3 Å². The molecule has 23 heavy (non-hydrogen) atoms. The molecule has 120 valence electrons. The molecule has 1 fully saturated rings. The van der Waals surface area contributed by atoms with E-state index >= 15 is 0 Å². The fourth-order valence-corrected chi connectivity index (χ4v) is 3.91. The van der Waals surface area contributed by atoms with Gasteiger partial charge in [0.2, 0.25) is 0 Å². The van der Waals surface area contributed by atoms with Crippen LogP contribution in [0.15, 0.2) is 48.5 Å². The molecule has 0 amide bonds. The van der Waals surface area contributed by atoms with Crippen LogP contribution >= 0.6 is 0 Å². The van der Waals surface area contributed by atoms with Crippen LogP contribution in [0.2, 0.25) is 0 Å². The third-order valence-electron chi connectivity index (χ3n) is 5.09. The van der Waals surface area contributed by atoms with Crippen molar-refractivity contribution < 1.29 is 9.47 Å². The van der Waals surface area contributed by atoms with Crippen LogP contribution in [0.25, 0.3) is 0 Å². The maximum atomic E-state index is 6.18. The first-order valence-corrected chi connectivity index (χ1v) is 8.41. The number of rotatable bonds is 3. The van der Waals surface area contributed by atoms with E-state index in [1.807, 2.05) is 0 Å². The highest BCUT2D eigenvalue weighted by atomic mass is 16.5. The maximum Gasteiger partial charge on any atom is 0.119 e.